The molecule has 0 aromatic carbocycles. The van der Waals surface area contributed by atoms with Gasteiger partial charge in [-0.1, -0.05) is 32.4 Å². The van der Waals surface area contributed by atoms with E-state index in [9.17, 15) is 0 Å². The topological polar surface area (TPSA) is 0 Å². The monoisotopic (exact) mass is 137 g/mol. The van der Waals surface area contributed by atoms with Gasteiger partial charge in [-0.05, 0) is 31.1 Å². The maximum atomic E-state index is 4.11. The van der Waals surface area contributed by atoms with Crippen molar-refractivity contribution < 1.29 is 0 Å². The van der Waals surface area contributed by atoms with Crippen LogP contribution in [0.1, 0.15) is 27.7 Å². The minimum absolute atomic E-state index is 0.379. The van der Waals surface area contributed by atoms with Crippen molar-refractivity contribution in [1.82, 2.24) is 0 Å². The Hall–Kier alpha value is -0.260. The molecule has 0 bridgehead atoms. The van der Waals surface area contributed by atoms with E-state index >= 15 is 0 Å². The molecule has 2 atom stereocenters. The molecule has 1 rings (SSSR count). The first-order valence-corrected chi connectivity index (χ1v) is 3.97. The van der Waals surface area contributed by atoms with E-state index in [1.54, 1.807) is 0 Å². The third kappa shape index (κ3) is 0.902. The van der Waals surface area contributed by atoms with Gasteiger partial charge in [0.25, 0.3) is 0 Å². The van der Waals surface area contributed by atoms with Gasteiger partial charge in [0.05, 0.1) is 0 Å². The average molecular weight is 137 g/mol. The second kappa shape index (κ2) is 2.11. The second-order valence-corrected chi connectivity index (χ2v) is 4.06. The van der Waals surface area contributed by atoms with Crippen molar-refractivity contribution in [3.05, 3.63) is 18.6 Å². The van der Waals surface area contributed by atoms with Crippen LogP contribution in [-0.2, 0) is 0 Å². The highest BCUT2D eigenvalue weighted by Crippen LogP contribution is 2.45. The molecular formula is C10H17. The molecule has 0 aromatic heterocycles. The number of hydrogen-bond acceptors (Lipinski definition) is 0. The normalized spacial score (nSPS) is 37.9. The molecule has 0 heterocycles. The zero-order valence-electron chi connectivity index (χ0n) is 7.44. The summed E-state index contributed by atoms with van der Waals surface area (Å²) in [6.45, 7) is 13.2. The van der Waals surface area contributed by atoms with Crippen molar-refractivity contribution >= 4 is 0 Å². The minimum Gasteiger partial charge on any atom is -0.0816 e. The molecule has 0 saturated carbocycles. The van der Waals surface area contributed by atoms with E-state index in [1.807, 2.05) is 0 Å². The quantitative estimate of drug-likeness (QED) is 0.450. The van der Waals surface area contributed by atoms with E-state index in [0.717, 1.165) is 0 Å². The van der Waals surface area contributed by atoms with Crippen LogP contribution in [0.2, 0.25) is 0 Å². The molecule has 1 aliphatic rings. The van der Waals surface area contributed by atoms with Crippen LogP contribution >= 0.6 is 0 Å². The van der Waals surface area contributed by atoms with Gasteiger partial charge in [0, 0.05) is 0 Å². The molecule has 0 N–H and O–H groups in total. The largest absolute Gasteiger partial charge is 0.0816 e. The van der Waals surface area contributed by atoms with Gasteiger partial charge >= 0.3 is 0 Å². The summed E-state index contributed by atoms with van der Waals surface area (Å²) in [5, 5.41) is 0. The van der Waals surface area contributed by atoms with E-state index < -0.39 is 0 Å². The Bertz CT molecular complexity index is 163. The van der Waals surface area contributed by atoms with Gasteiger partial charge in [-0.3, -0.25) is 0 Å². The lowest BCUT2D eigenvalue weighted by Crippen LogP contribution is -2.23. The summed E-state index contributed by atoms with van der Waals surface area (Å²) in [6, 6.07) is 0. The lowest BCUT2D eigenvalue weighted by Gasteiger charge is -2.29. The standard InChI is InChI=1S/C10H17/c1-7-6-8(2)10(4,5)9(7)3/h6,8-9H,2H2,1,3-5H3/t8-,9-/m1/s1. The van der Waals surface area contributed by atoms with Crippen molar-refractivity contribution in [2.75, 3.05) is 0 Å². The van der Waals surface area contributed by atoms with Gasteiger partial charge in [0.2, 0.25) is 0 Å². The molecule has 1 aliphatic carbocycles. The fraction of sp³-hybridized carbons (Fsp3) is 0.700. The summed E-state index contributed by atoms with van der Waals surface area (Å²) in [7, 11) is 0. The third-order valence-corrected chi connectivity index (χ3v) is 3.22. The maximum Gasteiger partial charge on any atom is -0.0174 e. The van der Waals surface area contributed by atoms with Crippen molar-refractivity contribution in [3.63, 3.8) is 0 Å². The third-order valence-electron chi connectivity index (χ3n) is 3.22. The van der Waals surface area contributed by atoms with Crippen LogP contribution in [0, 0.1) is 24.2 Å². The van der Waals surface area contributed by atoms with Crippen LogP contribution < -0.4 is 0 Å². The Labute approximate surface area is 64.3 Å². The Kier molecular flexibility index (Phi) is 1.66. The molecular weight excluding hydrogens is 120 g/mol. The highest BCUT2D eigenvalue weighted by atomic mass is 14.4. The smallest absolute Gasteiger partial charge is 0.0174 e. The fourth-order valence-electron chi connectivity index (χ4n) is 1.58. The van der Waals surface area contributed by atoms with Crippen LogP contribution in [0.15, 0.2) is 11.6 Å². The Morgan fingerprint density at radius 1 is 1.50 bits per heavy atom. The minimum atomic E-state index is 0.379. The molecule has 0 nitrogen and oxygen atoms in total. The van der Waals surface area contributed by atoms with Crippen LogP contribution in [0.5, 0.6) is 0 Å². The lowest BCUT2D eigenvalue weighted by atomic mass is 9.75. The van der Waals surface area contributed by atoms with Crippen LogP contribution in [0.25, 0.3) is 0 Å². The number of hydrogen-bond donors (Lipinski definition) is 0. The Morgan fingerprint density at radius 3 is 2.10 bits per heavy atom. The van der Waals surface area contributed by atoms with Gasteiger partial charge in [-0.25, -0.2) is 0 Å². The molecule has 10 heavy (non-hydrogen) atoms. The summed E-state index contributed by atoms with van der Waals surface area (Å²) < 4.78 is 0. The fourth-order valence-corrected chi connectivity index (χ4v) is 1.58. The summed E-state index contributed by atoms with van der Waals surface area (Å²) in [5.74, 6) is 1.21. The highest BCUT2D eigenvalue weighted by molar-refractivity contribution is 5.19. The molecule has 0 unspecified atom stereocenters. The molecule has 0 saturated heterocycles. The van der Waals surface area contributed by atoms with Gasteiger partial charge in [-0.2, -0.15) is 0 Å². The zero-order chi connectivity index (χ0) is 7.94. The molecule has 0 heteroatoms. The zero-order valence-corrected chi connectivity index (χ0v) is 7.44. The van der Waals surface area contributed by atoms with E-state index in [-0.39, 0.29) is 0 Å². The van der Waals surface area contributed by atoms with Crippen LogP contribution in [-0.4, -0.2) is 0 Å². The first-order chi connectivity index (χ1) is 4.46. The first-order valence-electron chi connectivity index (χ1n) is 3.97. The van der Waals surface area contributed by atoms with Crippen LogP contribution in [0.4, 0.5) is 0 Å². The van der Waals surface area contributed by atoms with Crippen molar-refractivity contribution in [2.24, 2.45) is 17.3 Å². The van der Waals surface area contributed by atoms with Gasteiger partial charge in [-0.15, -0.1) is 0 Å². The van der Waals surface area contributed by atoms with E-state index in [2.05, 4.69) is 40.7 Å². The molecule has 0 aliphatic heterocycles. The lowest BCUT2D eigenvalue weighted by molar-refractivity contribution is 0.243. The molecule has 57 valence electrons. The SMILES string of the molecule is [CH2][C@@H]1C=C(C)[C@@H](C)C1(C)C. The van der Waals surface area contributed by atoms with E-state index in [0.29, 0.717) is 17.3 Å². The van der Waals surface area contributed by atoms with Gasteiger partial charge < -0.3 is 0 Å². The van der Waals surface area contributed by atoms with Crippen LogP contribution in [0.3, 0.4) is 0 Å². The molecule has 0 amide bonds. The molecule has 0 aromatic rings. The number of rotatable bonds is 0. The molecule has 0 spiro atoms. The van der Waals surface area contributed by atoms with Crippen molar-refractivity contribution in [3.8, 4) is 0 Å². The second-order valence-electron chi connectivity index (χ2n) is 4.06. The average Bonchev–Trinajstić information content (AvgIpc) is 1.97. The summed E-state index contributed by atoms with van der Waals surface area (Å²) >= 11 is 0. The van der Waals surface area contributed by atoms with Gasteiger partial charge in [0.15, 0.2) is 0 Å². The van der Waals surface area contributed by atoms with E-state index in [4.69, 9.17) is 0 Å². The first kappa shape index (κ1) is 7.84. The predicted octanol–water partition coefficient (Wildman–Crippen LogP) is 3.06. The summed E-state index contributed by atoms with van der Waals surface area (Å²) in [5.41, 5.74) is 1.88. The summed E-state index contributed by atoms with van der Waals surface area (Å²) in [6.07, 6.45) is 2.30. The maximum absolute atomic E-state index is 4.11. The predicted molar refractivity (Wildman–Crippen MR) is 45.5 cm³/mol. The van der Waals surface area contributed by atoms with Crippen molar-refractivity contribution in [2.45, 2.75) is 27.7 Å². The summed E-state index contributed by atoms with van der Waals surface area (Å²) in [4.78, 5) is 0. The highest BCUT2D eigenvalue weighted by Gasteiger charge is 2.36. The Balaban J connectivity index is 2.87. The molecule has 0 fully saturated rings. The molecule has 1 radical (unpaired) electrons. The van der Waals surface area contributed by atoms with E-state index in [1.165, 1.54) is 5.57 Å². The van der Waals surface area contributed by atoms with Crippen molar-refractivity contribution in [1.29, 1.82) is 0 Å². The Morgan fingerprint density at radius 2 is 2.00 bits per heavy atom. The van der Waals surface area contributed by atoms with Gasteiger partial charge in [0.1, 0.15) is 0 Å². The number of allylic oxidation sites excluding steroid dienone is 2.